The molecule has 0 unspecified atom stereocenters. The van der Waals surface area contributed by atoms with Gasteiger partial charge in [-0.05, 0) is 58.8 Å². The molecule has 0 spiro atoms. The largest absolute Gasteiger partial charge is 0.507 e. The molecular formula is C12H16BrNO. The lowest BCUT2D eigenvalue weighted by Crippen LogP contribution is -2.36. The second kappa shape index (κ2) is 4.14. The number of hydrogen-bond acceptors (Lipinski definition) is 2. The second-order valence-corrected chi connectivity index (χ2v) is 5.10. The molecule has 0 amide bonds. The van der Waals surface area contributed by atoms with Crippen LogP contribution < -0.4 is 5.73 Å². The van der Waals surface area contributed by atoms with Crippen LogP contribution in [0.25, 0.3) is 0 Å². The third-order valence-electron chi connectivity index (χ3n) is 3.48. The quantitative estimate of drug-likeness (QED) is 0.887. The van der Waals surface area contributed by atoms with Crippen LogP contribution in [0.4, 0.5) is 0 Å². The number of rotatable bonds is 3. The maximum Gasteiger partial charge on any atom is 0.130 e. The van der Waals surface area contributed by atoms with Crippen LogP contribution in [0.3, 0.4) is 0 Å². The van der Waals surface area contributed by atoms with E-state index in [1.54, 1.807) is 6.07 Å². The summed E-state index contributed by atoms with van der Waals surface area (Å²) >= 11 is 3.47. The molecule has 1 saturated carbocycles. The van der Waals surface area contributed by atoms with Crippen molar-refractivity contribution >= 4 is 15.9 Å². The average Bonchev–Trinajstić information content (AvgIpc) is 2.17. The van der Waals surface area contributed by atoms with E-state index < -0.39 is 0 Å². The molecule has 0 bridgehead atoms. The maximum absolute atomic E-state index is 9.67. The summed E-state index contributed by atoms with van der Waals surface area (Å²) in [4.78, 5) is 0. The first-order valence-corrected chi connectivity index (χ1v) is 6.17. The Hall–Kier alpha value is -0.540. The smallest absolute Gasteiger partial charge is 0.130 e. The maximum atomic E-state index is 9.67. The molecule has 0 aromatic heterocycles. The van der Waals surface area contributed by atoms with Gasteiger partial charge < -0.3 is 10.8 Å². The van der Waals surface area contributed by atoms with Gasteiger partial charge in [-0.1, -0.05) is 18.6 Å². The summed E-state index contributed by atoms with van der Waals surface area (Å²) in [5.41, 5.74) is 7.11. The molecule has 0 heterocycles. The van der Waals surface area contributed by atoms with E-state index in [1.807, 2.05) is 6.07 Å². The van der Waals surface area contributed by atoms with Gasteiger partial charge in [0.1, 0.15) is 5.75 Å². The molecule has 2 rings (SSSR count). The highest BCUT2D eigenvalue weighted by Gasteiger charge is 2.39. The number of aromatic hydroxyl groups is 1. The van der Waals surface area contributed by atoms with Crippen molar-refractivity contribution < 1.29 is 5.11 Å². The molecule has 0 atom stereocenters. The van der Waals surface area contributed by atoms with Gasteiger partial charge in [-0.2, -0.15) is 0 Å². The lowest BCUT2D eigenvalue weighted by Gasteiger charge is -2.43. The van der Waals surface area contributed by atoms with Crippen molar-refractivity contribution in [3.63, 3.8) is 0 Å². The predicted octanol–water partition coefficient (Wildman–Crippen LogP) is 2.93. The van der Waals surface area contributed by atoms with E-state index in [1.165, 1.54) is 24.8 Å². The van der Waals surface area contributed by atoms with Crippen molar-refractivity contribution in [2.45, 2.75) is 31.1 Å². The highest BCUT2D eigenvalue weighted by Crippen LogP contribution is 2.49. The van der Waals surface area contributed by atoms with Crippen molar-refractivity contribution in [1.82, 2.24) is 0 Å². The van der Waals surface area contributed by atoms with Gasteiger partial charge in [-0.15, -0.1) is 0 Å². The fourth-order valence-electron chi connectivity index (χ4n) is 2.46. The standard InChI is InChI=1S/C12H16BrNO/c13-11-9(3-1-4-10(11)15)12(7-8-14)5-2-6-12/h1,3-4,15H,2,5-8,14H2. The average molecular weight is 270 g/mol. The molecule has 1 aromatic carbocycles. The van der Waals surface area contributed by atoms with Crippen molar-refractivity contribution in [1.29, 1.82) is 0 Å². The highest BCUT2D eigenvalue weighted by molar-refractivity contribution is 9.10. The van der Waals surface area contributed by atoms with Crippen LogP contribution in [0.2, 0.25) is 0 Å². The molecule has 1 aromatic rings. The SMILES string of the molecule is NCCC1(c2cccc(O)c2Br)CCC1. The van der Waals surface area contributed by atoms with Gasteiger partial charge >= 0.3 is 0 Å². The topological polar surface area (TPSA) is 46.2 Å². The minimum atomic E-state index is 0.215. The minimum absolute atomic E-state index is 0.215. The van der Waals surface area contributed by atoms with Crippen molar-refractivity contribution in [3.05, 3.63) is 28.2 Å². The Bertz CT molecular complexity index is 361. The summed E-state index contributed by atoms with van der Waals surface area (Å²) in [5, 5.41) is 9.67. The monoisotopic (exact) mass is 269 g/mol. The van der Waals surface area contributed by atoms with E-state index in [0.717, 1.165) is 10.9 Å². The van der Waals surface area contributed by atoms with Gasteiger partial charge in [0.15, 0.2) is 0 Å². The van der Waals surface area contributed by atoms with E-state index in [2.05, 4.69) is 22.0 Å². The Morgan fingerprint density at radius 2 is 2.13 bits per heavy atom. The molecule has 3 N–H and O–H groups in total. The van der Waals surface area contributed by atoms with E-state index in [-0.39, 0.29) is 5.41 Å². The third-order valence-corrected chi connectivity index (χ3v) is 4.32. The zero-order valence-corrected chi connectivity index (χ0v) is 10.3. The van der Waals surface area contributed by atoms with E-state index in [9.17, 15) is 5.11 Å². The molecule has 1 aliphatic carbocycles. The molecule has 82 valence electrons. The highest BCUT2D eigenvalue weighted by atomic mass is 79.9. The number of phenolic OH excluding ortho intramolecular Hbond substituents is 1. The summed E-state index contributed by atoms with van der Waals surface area (Å²) in [7, 11) is 0. The summed E-state index contributed by atoms with van der Waals surface area (Å²) in [6, 6.07) is 5.72. The fourth-order valence-corrected chi connectivity index (χ4v) is 3.15. The van der Waals surface area contributed by atoms with Crippen LogP contribution in [0.5, 0.6) is 5.75 Å². The molecule has 1 fully saturated rings. The molecule has 3 heteroatoms. The molecular weight excluding hydrogens is 254 g/mol. The predicted molar refractivity (Wildman–Crippen MR) is 65.0 cm³/mol. The van der Waals surface area contributed by atoms with Crippen LogP contribution >= 0.6 is 15.9 Å². The number of hydrogen-bond donors (Lipinski definition) is 2. The van der Waals surface area contributed by atoms with Crippen molar-refractivity contribution in [2.75, 3.05) is 6.54 Å². The Morgan fingerprint density at radius 3 is 2.67 bits per heavy atom. The van der Waals surface area contributed by atoms with E-state index >= 15 is 0 Å². The van der Waals surface area contributed by atoms with Crippen LogP contribution in [-0.4, -0.2) is 11.7 Å². The van der Waals surface area contributed by atoms with Crippen molar-refractivity contribution in [3.8, 4) is 5.75 Å². The van der Waals surface area contributed by atoms with Gasteiger partial charge in [0.25, 0.3) is 0 Å². The Morgan fingerprint density at radius 1 is 1.40 bits per heavy atom. The first-order chi connectivity index (χ1) is 7.19. The van der Waals surface area contributed by atoms with Gasteiger partial charge in [0.2, 0.25) is 0 Å². The first-order valence-electron chi connectivity index (χ1n) is 5.38. The van der Waals surface area contributed by atoms with Crippen LogP contribution in [0, 0.1) is 0 Å². The van der Waals surface area contributed by atoms with Crippen LogP contribution in [0.15, 0.2) is 22.7 Å². The summed E-state index contributed by atoms with van der Waals surface area (Å²) in [5.74, 6) is 0.329. The molecule has 0 aliphatic heterocycles. The molecule has 0 saturated heterocycles. The van der Waals surface area contributed by atoms with Crippen molar-refractivity contribution in [2.24, 2.45) is 5.73 Å². The number of benzene rings is 1. The molecule has 0 radical (unpaired) electrons. The summed E-state index contributed by atoms with van der Waals surface area (Å²) in [6.07, 6.45) is 4.65. The number of halogens is 1. The summed E-state index contributed by atoms with van der Waals surface area (Å²) < 4.78 is 0.846. The molecule has 1 aliphatic rings. The van der Waals surface area contributed by atoms with Gasteiger partial charge in [0, 0.05) is 0 Å². The molecule has 2 nitrogen and oxygen atoms in total. The van der Waals surface area contributed by atoms with Gasteiger partial charge in [-0.25, -0.2) is 0 Å². The fraction of sp³-hybridized carbons (Fsp3) is 0.500. The number of phenols is 1. The summed E-state index contributed by atoms with van der Waals surface area (Å²) in [6.45, 7) is 0.710. The van der Waals surface area contributed by atoms with Gasteiger partial charge in [0.05, 0.1) is 4.47 Å². The van der Waals surface area contributed by atoms with Crippen LogP contribution in [0.1, 0.15) is 31.2 Å². The second-order valence-electron chi connectivity index (χ2n) is 4.31. The van der Waals surface area contributed by atoms with E-state index in [0.29, 0.717) is 12.3 Å². The lowest BCUT2D eigenvalue weighted by atomic mass is 9.62. The zero-order chi connectivity index (χ0) is 10.9. The van der Waals surface area contributed by atoms with Gasteiger partial charge in [-0.3, -0.25) is 0 Å². The Kier molecular flexibility index (Phi) is 3.03. The minimum Gasteiger partial charge on any atom is -0.507 e. The first kappa shape index (κ1) is 11.0. The molecule has 15 heavy (non-hydrogen) atoms. The normalized spacial score (nSPS) is 18.5. The lowest BCUT2D eigenvalue weighted by molar-refractivity contribution is 0.227. The van der Waals surface area contributed by atoms with Crippen LogP contribution in [-0.2, 0) is 5.41 Å². The third kappa shape index (κ3) is 1.79. The number of nitrogens with two attached hydrogens (primary N) is 1. The zero-order valence-electron chi connectivity index (χ0n) is 8.67. The Labute approximate surface area is 98.6 Å². The van der Waals surface area contributed by atoms with E-state index in [4.69, 9.17) is 5.73 Å². The Balaban J connectivity index is 2.38.